The fourth-order valence-corrected chi connectivity index (χ4v) is 3.40. The van der Waals surface area contributed by atoms with Gasteiger partial charge in [0.05, 0.1) is 23.8 Å². The van der Waals surface area contributed by atoms with Gasteiger partial charge in [0.1, 0.15) is 5.76 Å². The van der Waals surface area contributed by atoms with Crippen molar-refractivity contribution in [3.8, 4) is 0 Å². The van der Waals surface area contributed by atoms with E-state index in [0.29, 0.717) is 6.54 Å². The van der Waals surface area contributed by atoms with Gasteiger partial charge in [0.25, 0.3) is 0 Å². The van der Waals surface area contributed by atoms with Gasteiger partial charge >= 0.3 is 0 Å². The largest absolute Gasteiger partial charge is 0.468 e. The van der Waals surface area contributed by atoms with Crippen LogP contribution in [0.3, 0.4) is 0 Å². The van der Waals surface area contributed by atoms with Crippen LogP contribution in [0.1, 0.15) is 39.0 Å². The molecule has 1 heterocycles. The van der Waals surface area contributed by atoms with Gasteiger partial charge in [0, 0.05) is 6.54 Å². The Morgan fingerprint density at radius 1 is 1.39 bits per heavy atom. The molecule has 0 aromatic carbocycles. The molecule has 0 amide bonds. The van der Waals surface area contributed by atoms with Crippen LogP contribution in [0.25, 0.3) is 0 Å². The van der Waals surface area contributed by atoms with E-state index in [-0.39, 0.29) is 23.5 Å². The smallest absolute Gasteiger partial charge is 0.151 e. The average molecular weight is 273 g/mol. The fraction of sp³-hybridized carbons (Fsp3) is 0.692. The second-order valence-electron chi connectivity index (χ2n) is 4.82. The maximum absolute atomic E-state index is 11.8. The molecule has 1 rings (SSSR count). The Hall–Kier alpha value is -0.810. The van der Waals surface area contributed by atoms with Crippen LogP contribution < -0.4 is 5.32 Å². The lowest BCUT2D eigenvalue weighted by molar-refractivity contribution is 0.436. The second-order valence-corrected chi connectivity index (χ2v) is 7.05. The van der Waals surface area contributed by atoms with Crippen molar-refractivity contribution in [3.63, 3.8) is 0 Å². The van der Waals surface area contributed by atoms with Crippen LogP contribution in [-0.4, -0.2) is 26.5 Å². The summed E-state index contributed by atoms with van der Waals surface area (Å²) in [6.45, 7) is 6.40. The molecule has 5 heteroatoms. The number of rotatable bonds is 8. The van der Waals surface area contributed by atoms with Crippen molar-refractivity contribution in [2.75, 3.05) is 18.1 Å². The molecule has 0 fully saturated rings. The van der Waals surface area contributed by atoms with Gasteiger partial charge < -0.3 is 9.73 Å². The molecule has 0 spiro atoms. The van der Waals surface area contributed by atoms with Gasteiger partial charge in [0.2, 0.25) is 0 Å². The topological polar surface area (TPSA) is 59.3 Å². The van der Waals surface area contributed by atoms with E-state index in [2.05, 4.69) is 5.32 Å². The van der Waals surface area contributed by atoms with Crippen molar-refractivity contribution in [1.29, 1.82) is 0 Å². The fourth-order valence-electron chi connectivity index (χ4n) is 1.70. The zero-order valence-electron chi connectivity index (χ0n) is 11.3. The minimum atomic E-state index is -2.95. The third-order valence-electron chi connectivity index (χ3n) is 3.07. The predicted molar refractivity (Wildman–Crippen MR) is 73.2 cm³/mol. The average Bonchev–Trinajstić information content (AvgIpc) is 2.81. The van der Waals surface area contributed by atoms with Crippen LogP contribution in [0.15, 0.2) is 22.8 Å². The van der Waals surface area contributed by atoms with E-state index in [4.69, 9.17) is 4.42 Å². The third-order valence-corrected chi connectivity index (χ3v) is 4.97. The lowest BCUT2D eigenvalue weighted by Crippen LogP contribution is -2.28. The SMILES string of the molecule is CCC(C)CS(=O)(=O)CCNC(C)c1ccco1. The molecule has 0 aliphatic rings. The highest BCUT2D eigenvalue weighted by Gasteiger charge is 2.15. The predicted octanol–water partition coefficient (Wildman–Crippen LogP) is 2.39. The van der Waals surface area contributed by atoms with Crippen molar-refractivity contribution >= 4 is 9.84 Å². The molecular formula is C13H23NO3S. The third kappa shape index (κ3) is 5.23. The number of hydrogen-bond donors (Lipinski definition) is 1. The number of hydrogen-bond acceptors (Lipinski definition) is 4. The van der Waals surface area contributed by atoms with Gasteiger partial charge in [-0.2, -0.15) is 0 Å². The van der Waals surface area contributed by atoms with Gasteiger partial charge in [-0.15, -0.1) is 0 Å². The number of sulfone groups is 1. The zero-order valence-corrected chi connectivity index (χ0v) is 12.2. The van der Waals surface area contributed by atoms with Crippen molar-refractivity contribution in [1.82, 2.24) is 5.32 Å². The second kappa shape index (κ2) is 6.95. The van der Waals surface area contributed by atoms with E-state index in [1.807, 2.05) is 32.9 Å². The summed E-state index contributed by atoms with van der Waals surface area (Å²) in [5.74, 6) is 1.52. The highest BCUT2D eigenvalue weighted by Crippen LogP contribution is 2.12. The van der Waals surface area contributed by atoms with Crippen LogP contribution >= 0.6 is 0 Å². The maximum atomic E-state index is 11.8. The molecule has 1 aromatic rings. The molecule has 0 saturated carbocycles. The monoisotopic (exact) mass is 273 g/mol. The summed E-state index contributed by atoms with van der Waals surface area (Å²) < 4.78 is 28.9. The molecule has 0 saturated heterocycles. The first kappa shape index (κ1) is 15.2. The molecule has 0 bridgehead atoms. The molecule has 1 N–H and O–H groups in total. The first-order valence-corrected chi connectivity index (χ1v) is 8.24. The van der Waals surface area contributed by atoms with Crippen molar-refractivity contribution < 1.29 is 12.8 Å². The Kier molecular flexibility index (Phi) is 5.88. The maximum Gasteiger partial charge on any atom is 0.151 e. The van der Waals surface area contributed by atoms with E-state index in [1.165, 1.54) is 0 Å². The van der Waals surface area contributed by atoms with Crippen molar-refractivity contribution in [2.24, 2.45) is 5.92 Å². The number of nitrogens with one attached hydrogen (secondary N) is 1. The van der Waals surface area contributed by atoms with Crippen molar-refractivity contribution in [2.45, 2.75) is 33.2 Å². The molecule has 0 aliphatic heterocycles. The van der Waals surface area contributed by atoms with Gasteiger partial charge in [-0.3, -0.25) is 0 Å². The van der Waals surface area contributed by atoms with Crippen LogP contribution in [0.4, 0.5) is 0 Å². The lowest BCUT2D eigenvalue weighted by atomic mass is 10.2. The van der Waals surface area contributed by atoms with Crippen LogP contribution in [-0.2, 0) is 9.84 Å². The van der Waals surface area contributed by atoms with E-state index >= 15 is 0 Å². The van der Waals surface area contributed by atoms with Crippen LogP contribution in [0.5, 0.6) is 0 Å². The minimum Gasteiger partial charge on any atom is -0.468 e. The normalized spacial score (nSPS) is 15.5. The van der Waals surface area contributed by atoms with Gasteiger partial charge in [0.15, 0.2) is 9.84 Å². The molecular weight excluding hydrogens is 250 g/mol. The Morgan fingerprint density at radius 2 is 2.11 bits per heavy atom. The number of furan rings is 1. The van der Waals surface area contributed by atoms with E-state index < -0.39 is 9.84 Å². The molecule has 18 heavy (non-hydrogen) atoms. The van der Waals surface area contributed by atoms with E-state index in [0.717, 1.165) is 12.2 Å². The first-order chi connectivity index (χ1) is 8.44. The van der Waals surface area contributed by atoms with E-state index in [1.54, 1.807) is 6.26 Å². The molecule has 4 nitrogen and oxygen atoms in total. The minimum absolute atomic E-state index is 0.0406. The van der Waals surface area contributed by atoms with E-state index in [9.17, 15) is 8.42 Å². The molecule has 104 valence electrons. The molecule has 2 atom stereocenters. The lowest BCUT2D eigenvalue weighted by Gasteiger charge is -2.13. The summed E-state index contributed by atoms with van der Waals surface area (Å²) in [6, 6.07) is 3.75. The van der Waals surface area contributed by atoms with Crippen molar-refractivity contribution in [3.05, 3.63) is 24.2 Å². The quantitative estimate of drug-likeness (QED) is 0.790. The summed E-state index contributed by atoms with van der Waals surface area (Å²) in [5.41, 5.74) is 0. The van der Waals surface area contributed by atoms with Gasteiger partial charge in [-0.25, -0.2) is 8.42 Å². The Balaban J connectivity index is 2.33. The summed E-state index contributed by atoms with van der Waals surface area (Å²) >= 11 is 0. The summed E-state index contributed by atoms with van der Waals surface area (Å²) in [4.78, 5) is 0. The van der Waals surface area contributed by atoms with Crippen LogP contribution in [0, 0.1) is 5.92 Å². The van der Waals surface area contributed by atoms with Gasteiger partial charge in [-0.1, -0.05) is 20.3 Å². The highest BCUT2D eigenvalue weighted by atomic mass is 32.2. The Bertz CT molecular complexity index is 425. The molecule has 2 unspecified atom stereocenters. The zero-order chi connectivity index (χ0) is 13.6. The Labute approximate surface area is 110 Å². The Morgan fingerprint density at radius 3 is 2.67 bits per heavy atom. The molecule has 1 aromatic heterocycles. The summed E-state index contributed by atoms with van der Waals surface area (Å²) in [6.07, 6.45) is 2.52. The summed E-state index contributed by atoms with van der Waals surface area (Å²) in [5, 5.41) is 3.16. The van der Waals surface area contributed by atoms with Gasteiger partial charge in [-0.05, 0) is 25.0 Å². The van der Waals surface area contributed by atoms with Crippen LogP contribution in [0.2, 0.25) is 0 Å². The molecule has 0 radical (unpaired) electrons. The standard InChI is InChI=1S/C13H23NO3S/c1-4-11(2)10-18(15,16)9-7-14-12(3)13-6-5-8-17-13/h5-6,8,11-12,14H,4,7,9-10H2,1-3H3. The highest BCUT2D eigenvalue weighted by molar-refractivity contribution is 7.91. The first-order valence-electron chi connectivity index (χ1n) is 6.42. The summed E-state index contributed by atoms with van der Waals surface area (Å²) in [7, 11) is -2.95. The molecule has 0 aliphatic carbocycles.